The standard InChI is InChI=1S/C16H13ClO3S/c1-11(16(19)12-4-2-5-13(17)10-12)20-15(18)8-7-14-6-3-9-21-14/h2-11H,1H3/b8-7+/t11-/m1/s1. The lowest BCUT2D eigenvalue weighted by molar-refractivity contribution is -0.140. The van der Waals surface area contributed by atoms with E-state index in [2.05, 4.69) is 0 Å². The first-order chi connectivity index (χ1) is 10.1. The van der Waals surface area contributed by atoms with Crippen LogP contribution in [0.2, 0.25) is 5.02 Å². The van der Waals surface area contributed by atoms with Crippen molar-refractivity contribution >= 4 is 40.8 Å². The number of rotatable bonds is 5. The molecular formula is C16H13ClO3S. The fourth-order valence-corrected chi connectivity index (χ4v) is 2.49. The van der Waals surface area contributed by atoms with Gasteiger partial charge in [0.1, 0.15) is 0 Å². The van der Waals surface area contributed by atoms with E-state index in [1.807, 2.05) is 17.5 Å². The molecule has 0 bridgehead atoms. The van der Waals surface area contributed by atoms with Crippen molar-refractivity contribution in [2.75, 3.05) is 0 Å². The van der Waals surface area contributed by atoms with Crippen molar-refractivity contribution in [2.24, 2.45) is 0 Å². The molecule has 1 atom stereocenters. The summed E-state index contributed by atoms with van der Waals surface area (Å²) in [5.74, 6) is -0.832. The third-order valence-corrected chi connectivity index (χ3v) is 3.77. The summed E-state index contributed by atoms with van der Waals surface area (Å²) in [5.41, 5.74) is 0.421. The van der Waals surface area contributed by atoms with Gasteiger partial charge in [-0.1, -0.05) is 29.8 Å². The number of carbonyl (C=O) groups excluding carboxylic acids is 2. The predicted molar refractivity (Wildman–Crippen MR) is 84.7 cm³/mol. The van der Waals surface area contributed by atoms with Gasteiger partial charge in [0.15, 0.2) is 6.10 Å². The van der Waals surface area contributed by atoms with Gasteiger partial charge in [0.25, 0.3) is 0 Å². The highest BCUT2D eigenvalue weighted by atomic mass is 35.5. The Kier molecular flexibility index (Phi) is 5.31. The third-order valence-electron chi connectivity index (χ3n) is 2.70. The van der Waals surface area contributed by atoms with Crippen molar-refractivity contribution in [1.29, 1.82) is 0 Å². The van der Waals surface area contributed by atoms with Gasteiger partial charge in [-0.2, -0.15) is 0 Å². The molecule has 0 spiro atoms. The van der Waals surface area contributed by atoms with Gasteiger partial charge in [-0.15, -0.1) is 11.3 Å². The van der Waals surface area contributed by atoms with E-state index in [1.54, 1.807) is 37.3 Å². The number of ether oxygens (including phenoxy) is 1. The number of halogens is 1. The maximum Gasteiger partial charge on any atom is 0.331 e. The second-order valence-corrected chi connectivity index (χ2v) is 5.72. The summed E-state index contributed by atoms with van der Waals surface area (Å²) in [6.45, 7) is 1.54. The van der Waals surface area contributed by atoms with Crippen LogP contribution in [0, 0.1) is 0 Å². The normalized spacial score (nSPS) is 12.3. The summed E-state index contributed by atoms with van der Waals surface area (Å²) >= 11 is 7.35. The van der Waals surface area contributed by atoms with Crippen LogP contribution in [0.5, 0.6) is 0 Å². The van der Waals surface area contributed by atoms with Gasteiger partial charge in [-0.3, -0.25) is 4.79 Å². The number of ketones is 1. The molecule has 108 valence electrons. The zero-order valence-corrected chi connectivity index (χ0v) is 12.9. The molecule has 1 aromatic carbocycles. The molecule has 2 rings (SSSR count). The molecule has 0 unspecified atom stereocenters. The minimum absolute atomic E-state index is 0.282. The van der Waals surface area contributed by atoms with Gasteiger partial charge in [0, 0.05) is 21.5 Å². The van der Waals surface area contributed by atoms with E-state index >= 15 is 0 Å². The third kappa shape index (κ3) is 4.55. The van der Waals surface area contributed by atoms with Crippen LogP contribution in [0.3, 0.4) is 0 Å². The van der Waals surface area contributed by atoms with Crippen molar-refractivity contribution in [2.45, 2.75) is 13.0 Å². The van der Waals surface area contributed by atoms with E-state index in [1.165, 1.54) is 17.4 Å². The molecule has 0 aliphatic heterocycles. The van der Waals surface area contributed by atoms with E-state index in [-0.39, 0.29) is 5.78 Å². The molecule has 1 heterocycles. The van der Waals surface area contributed by atoms with Crippen molar-refractivity contribution < 1.29 is 14.3 Å². The Morgan fingerprint density at radius 3 is 2.76 bits per heavy atom. The van der Waals surface area contributed by atoms with Crippen LogP contribution in [-0.2, 0) is 9.53 Å². The molecular weight excluding hydrogens is 308 g/mol. The molecule has 5 heteroatoms. The van der Waals surface area contributed by atoms with Gasteiger partial charge >= 0.3 is 5.97 Å². The van der Waals surface area contributed by atoms with Gasteiger partial charge in [-0.25, -0.2) is 4.79 Å². The molecule has 0 saturated heterocycles. The molecule has 0 aliphatic carbocycles. The SMILES string of the molecule is C[C@@H](OC(=O)/C=C/c1cccs1)C(=O)c1cccc(Cl)c1. The van der Waals surface area contributed by atoms with Gasteiger partial charge in [0.2, 0.25) is 5.78 Å². The number of benzene rings is 1. The monoisotopic (exact) mass is 320 g/mol. The largest absolute Gasteiger partial charge is 0.451 e. The number of carbonyl (C=O) groups is 2. The Morgan fingerprint density at radius 2 is 2.10 bits per heavy atom. The topological polar surface area (TPSA) is 43.4 Å². The molecule has 0 N–H and O–H groups in total. The van der Waals surface area contributed by atoms with Crippen LogP contribution < -0.4 is 0 Å². The van der Waals surface area contributed by atoms with Crippen molar-refractivity contribution in [3.63, 3.8) is 0 Å². The second kappa shape index (κ2) is 7.20. The van der Waals surface area contributed by atoms with Crippen LogP contribution in [0.4, 0.5) is 0 Å². The quantitative estimate of drug-likeness (QED) is 0.470. The maximum absolute atomic E-state index is 12.1. The summed E-state index contributed by atoms with van der Waals surface area (Å²) in [4.78, 5) is 24.7. The first-order valence-corrected chi connectivity index (χ1v) is 7.54. The molecule has 0 fully saturated rings. The maximum atomic E-state index is 12.1. The highest BCUT2D eigenvalue weighted by Gasteiger charge is 2.18. The molecule has 0 aliphatic rings. The minimum atomic E-state index is -0.857. The van der Waals surface area contributed by atoms with Crippen LogP contribution in [0.25, 0.3) is 6.08 Å². The predicted octanol–water partition coefficient (Wildman–Crippen LogP) is 4.23. The highest BCUT2D eigenvalue weighted by molar-refractivity contribution is 7.10. The van der Waals surface area contributed by atoms with E-state index < -0.39 is 12.1 Å². The van der Waals surface area contributed by atoms with E-state index in [9.17, 15) is 9.59 Å². The number of hydrogen-bond donors (Lipinski definition) is 0. The molecule has 21 heavy (non-hydrogen) atoms. The fourth-order valence-electron chi connectivity index (χ4n) is 1.68. The molecule has 1 aromatic heterocycles. The molecule has 0 radical (unpaired) electrons. The number of Topliss-reactive ketones (excluding diaryl/α,β-unsaturated/α-hetero) is 1. The summed E-state index contributed by atoms with van der Waals surface area (Å²) in [6, 6.07) is 10.3. The Balaban J connectivity index is 1.96. The lowest BCUT2D eigenvalue weighted by Gasteiger charge is -2.10. The van der Waals surface area contributed by atoms with Gasteiger partial charge in [0.05, 0.1) is 0 Å². The average molecular weight is 321 g/mol. The zero-order chi connectivity index (χ0) is 15.2. The smallest absolute Gasteiger partial charge is 0.331 e. The van der Waals surface area contributed by atoms with Crippen LogP contribution in [-0.4, -0.2) is 17.9 Å². The number of hydrogen-bond acceptors (Lipinski definition) is 4. The summed E-state index contributed by atoms with van der Waals surface area (Å²) in [7, 11) is 0. The van der Waals surface area contributed by atoms with E-state index in [0.29, 0.717) is 10.6 Å². The highest BCUT2D eigenvalue weighted by Crippen LogP contribution is 2.14. The molecule has 0 amide bonds. The Bertz CT molecular complexity index is 662. The van der Waals surface area contributed by atoms with E-state index in [0.717, 1.165) is 4.88 Å². The van der Waals surface area contributed by atoms with Crippen molar-refractivity contribution in [3.8, 4) is 0 Å². The lowest BCUT2D eigenvalue weighted by Crippen LogP contribution is -2.23. The summed E-state index contributed by atoms with van der Waals surface area (Å²) in [5, 5.41) is 2.38. The van der Waals surface area contributed by atoms with Crippen LogP contribution in [0.1, 0.15) is 22.2 Å². The number of thiophene rings is 1. The van der Waals surface area contributed by atoms with E-state index in [4.69, 9.17) is 16.3 Å². The molecule has 3 nitrogen and oxygen atoms in total. The van der Waals surface area contributed by atoms with Crippen molar-refractivity contribution in [3.05, 3.63) is 63.3 Å². The van der Waals surface area contributed by atoms with Gasteiger partial charge in [-0.05, 0) is 36.6 Å². The first kappa shape index (κ1) is 15.5. The lowest BCUT2D eigenvalue weighted by atomic mass is 10.1. The second-order valence-electron chi connectivity index (χ2n) is 4.30. The average Bonchev–Trinajstić information content (AvgIpc) is 2.97. The summed E-state index contributed by atoms with van der Waals surface area (Å²) in [6.07, 6.45) is 2.11. The summed E-state index contributed by atoms with van der Waals surface area (Å²) < 4.78 is 5.09. The van der Waals surface area contributed by atoms with Crippen LogP contribution >= 0.6 is 22.9 Å². The van der Waals surface area contributed by atoms with Crippen LogP contribution in [0.15, 0.2) is 47.9 Å². The van der Waals surface area contributed by atoms with Gasteiger partial charge < -0.3 is 4.74 Å². The zero-order valence-electron chi connectivity index (χ0n) is 11.3. The Labute approximate surface area is 131 Å². The first-order valence-electron chi connectivity index (χ1n) is 6.28. The molecule has 0 saturated carbocycles. The Hall–Kier alpha value is -1.91. The number of esters is 1. The van der Waals surface area contributed by atoms with Crippen molar-refractivity contribution in [1.82, 2.24) is 0 Å². The fraction of sp³-hybridized carbons (Fsp3) is 0.125. The Morgan fingerprint density at radius 1 is 1.29 bits per heavy atom. The minimum Gasteiger partial charge on any atom is -0.451 e. The molecule has 2 aromatic rings.